The van der Waals surface area contributed by atoms with E-state index in [1.807, 2.05) is 26.2 Å². The van der Waals surface area contributed by atoms with Crippen LogP contribution in [0.25, 0.3) is 0 Å². The van der Waals surface area contributed by atoms with Crippen LogP contribution in [0, 0.1) is 13.8 Å². The van der Waals surface area contributed by atoms with E-state index in [2.05, 4.69) is 10.3 Å². The number of sulfonamides is 1. The third-order valence-electron chi connectivity index (χ3n) is 2.99. The Hall–Kier alpha value is -1.44. The number of nitrogens with one attached hydrogen (secondary N) is 1. The van der Waals surface area contributed by atoms with Crippen molar-refractivity contribution in [2.45, 2.75) is 31.7 Å². The van der Waals surface area contributed by atoms with Gasteiger partial charge in [-0.3, -0.25) is 0 Å². The third kappa shape index (κ3) is 3.36. The van der Waals surface area contributed by atoms with Crippen molar-refractivity contribution in [3.05, 3.63) is 39.8 Å². The molecule has 1 unspecified atom stereocenters. The summed E-state index contributed by atoms with van der Waals surface area (Å²) in [4.78, 5) is 4.52. The van der Waals surface area contributed by atoms with E-state index < -0.39 is 10.0 Å². The van der Waals surface area contributed by atoms with Gasteiger partial charge < -0.3 is 5.32 Å². The number of anilines is 1. The Morgan fingerprint density at radius 2 is 2.05 bits per heavy atom. The number of benzene rings is 1. The molecule has 7 heteroatoms. The van der Waals surface area contributed by atoms with Crippen LogP contribution in [0.15, 0.2) is 28.5 Å². The molecule has 0 amide bonds. The van der Waals surface area contributed by atoms with Gasteiger partial charge in [0.2, 0.25) is 10.0 Å². The predicted octanol–water partition coefficient (Wildman–Crippen LogP) is 2.58. The first-order chi connectivity index (χ1) is 9.27. The van der Waals surface area contributed by atoms with E-state index in [9.17, 15) is 8.42 Å². The molecule has 0 radical (unpaired) electrons. The normalized spacial score (nSPS) is 13.2. The van der Waals surface area contributed by atoms with Crippen LogP contribution < -0.4 is 10.5 Å². The van der Waals surface area contributed by atoms with Gasteiger partial charge in [-0.25, -0.2) is 18.5 Å². The summed E-state index contributed by atoms with van der Waals surface area (Å²) in [6.07, 6.45) is 0. The molecule has 1 atom stereocenters. The maximum absolute atomic E-state index is 11.4. The molecule has 0 fully saturated rings. The molecule has 1 heterocycles. The zero-order chi connectivity index (χ0) is 14.9. The second-order valence-corrected chi connectivity index (χ2v) is 7.30. The van der Waals surface area contributed by atoms with E-state index in [1.54, 1.807) is 23.5 Å². The fourth-order valence-corrected chi connectivity index (χ4v) is 3.07. The van der Waals surface area contributed by atoms with Crippen molar-refractivity contribution < 1.29 is 8.42 Å². The van der Waals surface area contributed by atoms with E-state index >= 15 is 0 Å². The average molecular weight is 311 g/mol. The number of aromatic nitrogens is 1. The van der Waals surface area contributed by atoms with Crippen molar-refractivity contribution in [3.8, 4) is 0 Å². The van der Waals surface area contributed by atoms with E-state index in [-0.39, 0.29) is 10.9 Å². The molecule has 0 spiro atoms. The van der Waals surface area contributed by atoms with Crippen molar-refractivity contribution in [3.63, 3.8) is 0 Å². The van der Waals surface area contributed by atoms with Crippen LogP contribution in [0.4, 0.5) is 5.69 Å². The molecule has 0 saturated carbocycles. The lowest BCUT2D eigenvalue weighted by Crippen LogP contribution is -2.14. The Balaban J connectivity index is 2.29. The van der Waals surface area contributed by atoms with Gasteiger partial charge in [-0.2, -0.15) is 0 Å². The van der Waals surface area contributed by atoms with Gasteiger partial charge in [0.1, 0.15) is 0 Å². The van der Waals surface area contributed by atoms with Crippen molar-refractivity contribution in [1.29, 1.82) is 0 Å². The van der Waals surface area contributed by atoms with Crippen molar-refractivity contribution >= 4 is 27.0 Å². The Morgan fingerprint density at radius 1 is 1.35 bits per heavy atom. The van der Waals surface area contributed by atoms with Crippen molar-refractivity contribution in [2.75, 3.05) is 5.32 Å². The summed E-state index contributed by atoms with van der Waals surface area (Å²) in [5.41, 5.74) is 2.64. The largest absolute Gasteiger partial charge is 0.377 e. The van der Waals surface area contributed by atoms with Gasteiger partial charge >= 0.3 is 0 Å². The highest BCUT2D eigenvalue weighted by molar-refractivity contribution is 7.89. The molecule has 1 aromatic heterocycles. The highest BCUT2D eigenvalue weighted by Gasteiger charge is 2.13. The van der Waals surface area contributed by atoms with E-state index in [0.717, 1.165) is 22.0 Å². The fourth-order valence-electron chi connectivity index (χ4n) is 1.82. The van der Waals surface area contributed by atoms with Gasteiger partial charge in [-0.1, -0.05) is 6.07 Å². The SMILES string of the molecule is Cc1nc(C(C)Nc2cc(S(N)(=O)=O)ccc2C)cs1. The third-order valence-corrected chi connectivity index (χ3v) is 4.69. The molecule has 108 valence electrons. The minimum Gasteiger partial charge on any atom is -0.377 e. The van der Waals surface area contributed by atoms with Crippen LogP contribution in [0.5, 0.6) is 0 Å². The standard InChI is InChI=1S/C13H17N3O2S2/c1-8-4-5-11(20(14,17)18)6-12(8)15-9(2)13-7-19-10(3)16-13/h4-7,9,15H,1-3H3,(H2,14,17,18). The number of nitrogens with zero attached hydrogens (tertiary/aromatic N) is 1. The summed E-state index contributed by atoms with van der Waals surface area (Å²) in [6.45, 7) is 5.85. The number of nitrogens with two attached hydrogens (primary N) is 1. The molecule has 2 rings (SSSR count). The quantitative estimate of drug-likeness (QED) is 0.909. The minimum absolute atomic E-state index is 0.00521. The monoisotopic (exact) mass is 311 g/mol. The Labute approximate surface area is 122 Å². The molecular formula is C13H17N3O2S2. The molecule has 0 bridgehead atoms. The van der Waals surface area contributed by atoms with E-state index in [0.29, 0.717) is 0 Å². The number of aryl methyl sites for hydroxylation is 2. The summed E-state index contributed by atoms with van der Waals surface area (Å²) < 4.78 is 22.8. The summed E-state index contributed by atoms with van der Waals surface area (Å²) >= 11 is 1.59. The molecule has 0 aliphatic carbocycles. The van der Waals surface area contributed by atoms with Gasteiger partial charge in [0.25, 0.3) is 0 Å². The van der Waals surface area contributed by atoms with Crippen LogP contribution >= 0.6 is 11.3 Å². The molecule has 0 saturated heterocycles. The average Bonchev–Trinajstić information content (AvgIpc) is 2.77. The number of hydrogen-bond donors (Lipinski definition) is 2. The second-order valence-electron chi connectivity index (χ2n) is 4.68. The van der Waals surface area contributed by atoms with Crippen LogP contribution in [-0.2, 0) is 10.0 Å². The highest BCUT2D eigenvalue weighted by atomic mass is 32.2. The van der Waals surface area contributed by atoms with Crippen molar-refractivity contribution in [2.24, 2.45) is 5.14 Å². The Kier molecular flexibility index (Phi) is 4.12. The van der Waals surface area contributed by atoms with Crippen LogP contribution in [0.1, 0.15) is 29.2 Å². The van der Waals surface area contributed by atoms with Gasteiger partial charge in [-0.05, 0) is 38.5 Å². The van der Waals surface area contributed by atoms with Crippen LogP contribution in [0.3, 0.4) is 0 Å². The first kappa shape index (κ1) is 15.0. The summed E-state index contributed by atoms with van der Waals surface area (Å²) in [7, 11) is -3.69. The molecule has 2 aromatic rings. The maximum atomic E-state index is 11.4. The highest BCUT2D eigenvalue weighted by Crippen LogP contribution is 2.25. The van der Waals surface area contributed by atoms with E-state index in [1.165, 1.54) is 6.07 Å². The van der Waals surface area contributed by atoms with Gasteiger partial charge in [0.05, 0.1) is 21.6 Å². The first-order valence-electron chi connectivity index (χ1n) is 6.09. The van der Waals surface area contributed by atoms with Crippen LogP contribution in [0.2, 0.25) is 0 Å². The number of primary sulfonamides is 1. The van der Waals surface area contributed by atoms with E-state index in [4.69, 9.17) is 5.14 Å². The fraction of sp³-hybridized carbons (Fsp3) is 0.308. The molecule has 1 aromatic carbocycles. The predicted molar refractivity (Wildman–Crippen MR) is 81.4 cm³/mol. The number of rotatable bonds is 4. The Morgan fingerprint density at radius 3 is 2.60 bits per heavy atom. The number of hydrogen-bond acceptors (Lipinski definition) is 5. The van der Waals surface area contributed by atoms with Gasteiger partial charge in [0.15, 0.2) is 0 Å². The lowest BCUT2D eigenvalue weighted by molar-refractivity contribution is 0.598. The first-order valence-corrected chi connectivity index (χ1v) is 8.52. The second kappa shape index (κ2) is 5.51. The molecule has 0 aliphatic heterocycles. The van der Waals surface area contributed by atoms with Gasteiger partial charge in [0, 0.05) is 11.1 Å². The zero-order valence-electron chi connectivity index (χ0n) is 11.5. The molecule has 5 nitrogen and oxygen atoms in total. The van der Waals surface area contributed by atoms with Crippen LogP contribution in [-0.4, -0.2) is 13.4 Å². The lowest BCUT2D eigenvalue weighted by Gasteiger charge is -2.16. The summed E-state index contributed by atoms with van der Waals surface area (Å²) in [5.74, 6) is 0. The molecule has 3 N–H and O–H groups in total. The molecule has 20 heavy (non-hydrogen) atoms. The molecular weight excluding hydrogens is 294 g/mol. The zero-order valence-corrected chi connectivity index (χ0v) is 13.2. The smallest absolute Gasteiger partial charge is 0.238 e. The maximum Gasteiger partial charge on any atom is 0.238 e. The summed E-state index contributed by atoms with van der Waals surface area (Å²) in [5, 5.41) is 11.4. The Bertz CT molecular complexity index is 723. The van der Waals surface area contributed by atoms with Gasteiger partial charge in [-0.15, -0.1) is 11.3 Å². The lowest BCUT2D eigenvalue weighted by atomic mass is 10.1. The molecule has 0 aliphatic rings. The topological polar surface area (TPSA) is 85.1 Å². The minimum atomic E-state index is -3.69. The summed E-state index contributed by atoms with van der Waals surface area (Å²) in [6, 6.07) is 4.80. The van der Waals surface area contributed by atoms with Crippen molar-refractivity contribution in [1.82, 2.24) is 4.98 Å². The number of thiazole rings is 1.